The summed E-state index contributed by atoms with van der Waals surface area (Å²) in [5, 5.41) is 2.69. The molecular weight excluding hydrogens is 244 g/mol. The van der Waals surface area contributed by atoms with Crippen LogP contribution in [-0.4, -0.2) is 23.3 Å². The number of aromatic nitrogens is 1. The van der Waals surface area contributed by atoms with Crippen LogP contribution in [0.1, 0.15) is 38.8 Å². The van der Waals surface area contributed by atoms with Gasteiger partial charge in [0.2, 0.25) is 5.88 Å². The Balaban J connectivity index is 2.54. The lowest BCUT2D eigenvalue weighted by atomic mass is 10.2. The molecular formula is C14H22N2O3. The zero-order valence-corrected chi connectivity index (χ0v) is 12.2. The van der Waals surface area contributed by atoms with Gasteiger partial charge < -0.3 is 14.8 Å². The Morgan fingerprint density at radius 2 is 2.11 bits per heavy atom. The molecule has 0 bridgehead atoms. The Kier molecular flexibility index (Phi) is 5.15. The van der Waals surface area contributed by atoms with E-state index in [1.807, 2.05) is 40.7 Å². The van der Waals surface area contributed by atoms with Gasteiger partial charge in [0.15, 0.2) is 0 Å². The predicted molar refractivity (Wildman–Crippen MR) is 73.2 cm³/mol. The van der Waals surface area contributed by atoms with Crippen LogP contribution in [0.2, 0.25) is 0 Å². The lowest BCUT2D eigenvalue weighted by Crippen LogP contribution is -2.32. The van der Waals surface area contributed by atoms with Crippen LogP contribution in [0.15, 0.2) is 12.3 Å². The number of nitrogens with zero attached hydrogens (tertiary/aromatic N) is 1. The first-order valence-corrected chi connectivity index (χ1v) is 6.37. The monoisotopic (exact) mass is 266 g/mol. The molecule has 1 aromatic rings. The number of ether oxygens (including phenoxy) is 2. The van der Waals surface area contributed by atoms with Crippen LogP contribution in [0.25, 0.3) is 0 Å². The summed E-state index contributed by atoms with van der Waals surface area (Å²) in [6, 6.07) is 1.94. The molecule has 1 rings (SSSR count). The highest BCUT2D eigenvalue weighted by Crippen LogP contribution is 2.15. The van der Waals surface area contributed by atoms with Crippen molar-refractivity contribution in [2.75, 3.05) is 6.61 Å². The number of amides is 1. The van der Waals surface area contributed by atoms with E-state index < -0.39 is 11.7 Å². The van der Waals surface area contributed by atoms with Crippen LogP contribution in [0.3, 0.4) is 0 Å². The Bertz CT molecular complexity index is 439. The Morgan fingerprint density at radius 3 is 2.63 bits per heavy atom. The average Bonchev–Trinajstić information content (AvgIpc) is 2.27. The largest absolute Gasteiger partial charge is 0.478 e. The van der Waals surface area contributed by atoms with Crippen LogP contribution >= 0.6 is 0 Å². The molecule has 5 heteroatoms. The van der Waals surface area contributed by atoms with E-state index in [0.717, 1.165) is 11.1 Å². The summed E-state index contributed by atoms with van der Waals surface area (Å²) >= 11 is 0. The van der Waals surface area contributed by atoms with Gasteiger partial charge in [-0.25, -0.2) is 9.78 Å². The molecule has 106 valence electrons. The fourth-order valence-corrected chi connectivity index (χ4v) is 1.49. The third-order valence-corrected chi connectivity index (χ3v) is 2.20. The van der Waals surface area contributed by atoms with Crippen molar-refractivity contribution < 1.29 is 14.3 Å². The normalized spacial score (nSPS) is 11.0. The maximum absolute atomic E-state index is 11.5. The second kappa shape index (κ2) is 6.41. The van der Waals surface area contributed by atoms with Gasteiger partial charge in [-0.15, -0.1) is 0 Å². The predicted octanol–water partition coefficient (Wildman–Crippen LogP) is 2.81. The quantitative estimate of drug-likeness (QED) is 0.910. The van der Waals surface area contributed by atoms with E-state index in [-0.39, 0.29) is 0 Å². The van der Waals surface area contributed by atoms with Crippen molar-refractivity contribution in [1.29, 1.82) is 0 Å². The van der Waals surface area contributed by atoms with Gasteiger partial charge in [0.25, 0.3) is 0 Å². The summed E-state index contributed by atoms with van der Waals surface area (Å²) in [4.78, 5) is 15.7. The number of pyridine rings is 1. The molecule has 0 radical (unpaired) electrons. The van der Waals surface area contributed by atoms with Gasteiger partial charge in [-0.1, -0.05) is 0 Å². The van der Waals surface area contributed by atoms with Gasteiger partial charge in [-0.2, -0.15) is 0 Å². The van der Waals surface area contributed by atoms with Crippen LogP contribution < -0.4 is 10.1 Å². The molecule has 0 atom stereocenters. The molecule has 1 amide bonds. The average molecular weight is 266 g/mol. The van der Waals surface area contributed by atoms with Gasteiger partial charge in [-0.3, -0.25) is 0 Å². The molecule has 0 aromatic carbocycles. The molecule has 1 aromatic heterocycles. The summed E-state index contributed by atoms with van der Waals surface area (Å²) in [6.45, 7) is 10.3. The molecule has 0 spiro atoms. The molecule has 0 saturated carbocycles. The summed E-state index contributed by atoms with van der Waals surface area (Å²) in [6.07, 6.45) is 1.26. The third kappa shape index (κ3) is 5.59. The van der Waals surface area contributed by atoms with Crippen molar-refractivity contribution in [3.05, 3.63) is 23.4 Å². The maximum Gasteiger partial charge on any atom is 0.407 e. The second-order valence-electron chi connectivity index (χ2n) is 5.25. The first-order valence-electron chi connectivity index (χ1n) is 6.37. The van der Waals surface area contributed by atoms with Gasteiger partial charge in [0.1, 0.15) is 5.60 Å². The molecule has 1 N–H and O–H groups in total. The molecule has 5 nitrogen and oxygen atoms in total. The smallest absolute Gasteiger partial charge is 0.407 e. The highest BCUT2D eigenvalue weighted by atomic mass is 16.6. The molecule has 0 aliphatic carbocycles. The number of rotatable bonds is 4. The summed E-state index contributed by atoms with van der Waals surface area (Å²) in [7, 11) is 0. The van der Waals surface area contributed by atoms with Crippen LogP contribution in [-0.2, 0) is 11.3 Å². The molecule has 19 heavy (non-hydrogen) atoms. The van der Waals surface area contributed by atoms with Crippen molar-refractivity contribution in [3.63, 3.8) is 0 Å². The van der Waals surface area contributed by atoms with Gasteiger partial charge >= 0.3 is 6.09 Å². The van der Waals surface area contributed by atoms with Gasteiger partial charge in [0, 0.05) is 18.3 Å². The van der Waals surface area contributed by atoms with Crippen molar-refractivity contribution in [1.82, 2.24) is 10.3 Å². The van der Waals surface area contributed by atoms with Crippen LogP contribution in [0, 0.1) is 6.92 Å². The molecule has 0 unspecified atom stereocenters. The Morgan fingerprint density at radius 1 is 1.42 bits per heavy atom. The van der Waals surface area contributed by atoms with Crippen molar-refractivity contribution in [2.24, 2.45) is 0 Å². The fourth-order valence-electron chi connectivity index (χ4n) is 1.49. The van der Waals surface area contributed by atoms with E-state index in [1.165, 1.54) is 0 Å². The zero-order chi connectivity index (χ0) is 14.5. The molecule has 0 aliphatic heterocycles. The summed E-state index contributed by atoms with van der Waals surface area (Å²) in [5.41, 5.74) is 1.37. The number of carbonyl (C=O) groups excluding carboxylic acids is 1. The van der Waals surface area contributed by atoms with E-state index in [1.54, 1.807) is 6.20 Å². The maximum atomic E-state index is 11.5. The minimum absolute atomic E-state index is 0.384. The van der Waals surface area contributed by atoms with Crippen molar-refractivity contribution in [3.8, 4) is 5.88 Å². The van der Waals surface area contributed by atoms with E-state index in [4.69, 9.17) is 9.47 Å². The highest BCUT2D eigenvalue weighted by Gasteiger charge is 2.15. The third-order valence-electron chi connectivity index (χ3n) is 2.20. The lowest BCUT2D eigenvalue weighted by Gasteiger charge is -2.19. The highest BCUT2D eigenvalue weighted by molar-refractivity contribution is 5.67. The fraction of sp³-hybridized carbons (Fsp3) is 0.571. The van der Waals surface area contributed by atoms with Crippen LogP contribution in [0.5, 0.6) is 5.88 Å². The number of alkyl carbamates (subject to hydrolysis) is 1. The van der Waals surface area contributed by atoms with Crippen molar-refractivity contribution >= 4 is 6.09 Å². The Labute approximate surface area is 114 Å². The van der Waals surface area contributed by atoms with E-state index in [2.05, 4.69) is 10.3 Å². The minimum atomic E-state index is -0.489. The molecule has 0 fully saturated rings. The van der Waals surface area contributed by atoms with Gasteiger partial charge in [-0.05, 0) is 46.2 Å². The van der Waals surface area contributed by atoms with E-state index in [0.29, 0.717) is 19.0 Å². The SMILES string of the molecule is CCOc1ncc(CNC(=O)OC(C)(C)C)cc1C. The van der Waals surface area contributed by atoms with Crippen molar-refractivity contribution in [2.45, 2.75) is 46.8 Å². The first kappa shape index (κ1) is 15.3. The number of hydrogen-bond donors (Lipinski definition) is 1. The van der Waals surface area contributed by atoms with Crippen LogP contribution in [0.4, 0.5) is 4.79 Å². The van der Waals surface area contributed by atoms with E-state index in [9.17, 15) is 4.79 Å². The second-order valence-corrected chi connectivity index (χ2v) is 5.25. The van der Waals surface area contributed by atoms with Gasteiger partial charge in [0.05, 0.1) is 6.61 Å². The molecule has 0 saturated heterocycles. The number of carbonyl (C=O) groups is 1. The zero-order valence-electron chi connectivity index (χ0n) is 12.2. The Hall–Kier alpha value is -1.78. The number of aryl methyl sites for hydroxylation is 1. The summed E-state index contributed by atoms with van der Waals surface area (Å²) in [5.74, 6) is 0.628. The standard InChI is InChI=1S/C14H22N2O3/c1-6-18-12-10(2)7-11(8-15-12)9-16-13(17)19-14(3,4)5/h7-8H,6,9H2,1-5H3,(H,16,17). The first-order chi connectivity index (χ1) is 8.81. The summed E-state index contributed by atoms with van der Waals surface area (Å²) < 4.78 is 10.5. The number of hydrogen-bond acceptors (Lipinski definition) is 4. The van der Waals surface area contributed by atoms with E-state index >= 15 is 0 Å². The topological polar surface area (TPSA) is 60.5 Å². The minimum Gasteiger partial charge on any atom is -0.478 e. The molecule has 0 aliphatic rings. The molecule has 1 heterocycles. The lowest BCUT2D eigenvalue weighted by molar-refractivity contribution is 0.0523. The number of nitrogens with one attached hydrogen (secondary N) is 1.